The number of carbonyl (C=O) groups is 1. The van der Waals surface area contributed by atoms with Crippen LogP contribution in [0.1, 0.15) is 39.4 Å². The van der Waals surface area contributed by atoms with E-state index in [0.717, 1.165) is 21.2 Å². The van der Waals surface area contributed by atoms with Crippen LogP contribution in [-0.4, -0.2) is 22.4 Å². The van der Waals surface area contributed by atoms with Gasteiger partial charge in [-0.05, 0) is 56.2 Å². The fraction of sp³-hybridized carbons (Fsp3) is 0.320. The molecule has 3 nitrogen and oxygen atoms in total. The summed E-state index contributed by atoms with van der Waals surface area (Å²) in [6.07, 6.45) is -1.00. The number of fused-ring (bicyclic) bond motifs is 1. The summed E-state index contributed by atoms with van der Waals surface area (Å²) >= 11 is 1.55. The zero-order valence-corrected chi connectivity index (χ0v) is 18.2. The van der Waals surface area contributed by atoms with E-state index in [0.29, 0.717) is 5.75 Å². The molecule has 29 heavy (non-hydrogen) atoms. The van der Waals surface area contributed by atoms with E-state index in [-0.39, 0.29) is 0 Å². The molecule has 0 unspecified atom stereocenters. The first kappa shape index (κ1) is 21.4. The number of esters is 1. The molecule has 3 aromatic carbocycles. The highest BCUT2D eigenvalue weighted by atomic mass is 32.2. The number of ether oxygens (including phenoxy) is 1. The van der Waals surface area contributed by atoms with Crippen LogP contribution in [0.4, 0.5) is 0 Å². The van der Waals surface area contributed by atoms with Gasteiger partial charge >= 0.3 is 5.97 Å². The molecule has 1 N–H and O–H groups in total. The third-order valence-corrected chi connectivity index (χ3v) is 6.22. The molecule has 0 aliphatic rings. The molecule has 0 aromatic heterocycles. The minimum absolute atomic E-state index is 0.395. The molecule has 0 saturated carbocycles. The van der Waals surface area contributed by atoms with Gasteiger partial charge in [0.2, 0.25) is 0 Å². The highest BCUT2D eigenvalue weighted by Gasteiger charge is 2.45. The number of hydrogen-bond acceptors (Lipinski definition) is 4. The van der Waals surface area contributed by atoms with Gasteiger partial charge < -0.3 is 9.84 Å². The van der Waals surface area contributed by atoms with E-state index in [1.54, 1.807) is 18.7 Å². The van der Waals surface area contributed by atoms with Crippen molar-refractivity contribution in [3.05, 3.63) is 78.4 Å². The Morgan fingerprint density at radius 2 is 1.55 bits per heavy atom. The Balaban J connectivity index is 1.99. The first-order valence-corrected chi connectivity index (χ1v) is 10.8. The molecule has 0 amide bonds. The average molecular weight is 409 g/mol. The maximum atomic E-state index is 13.3. The van der Waals surface area contributed by atoms with E-state index >= 15 is 0 Å². The lowest BCUT2D eigenvalue weighted by Gasteiger charge is -2.35. The van der Waals surface area contributed by atoms with Crippen LogP contribution < -0.4 is 0 Å². The van der Waals surface area contributed by atoms with Crippen LogP contribution >= 0.6 is 11.8 Å². The van der Waals surface area contributed by atoms with E-state index in [1.165, 1.54) is 0 Å². The van der Waals surface area contributed by atoms with Crippen LogP contribution in [0.25, 0.3) is 10.8 Å². The third kappa shape index (κ3) is 5.01. The lowest BCUT2D eigenvalue weighted by atomic mass is 9.80. The van der Waals surface area contributed by atoms with Crippen molar-refractivity contribution >= 4 is 28.5 Å². The second-order valence-electron chi connectivity index (χ2n) is 8.49. The highest BCUT2D eigenvalue weighted by Crippen LogP contribution is 2.42. The quantitative estimate of drug-likeness (QED) is 0.400. The lowest BCUT2D eigenvalue weighted by Crippen LogP contribution is -2.42. The number of rotatable bonds is 6. The molecule has 3 rings (SSSR count). The Hall–Kier alpha value is -2.30. The minimum atomic E-state index is -1.11. The van der Waals surface area contributed by atoms with Crippen molar-refractivity contribution < 1.29 is 14.6 Å². The van der Waals surface area contributed by atoms with Gasteiger partial charge in [-0.2, -0.15) is 0 Å². The SMILES string of the molecule is CC(C)(C)OC(=O)[C@@](C)(CSc1ccccc1)[C@H](O)c1cccc2ccccc12. The molecule has 0 aliphatic heterocycles. The van der Waals surface area contributed by atoms with Gasteiger partial charge in [-0.15, -0.1) is 11.8 Å². The van der Waals surface area contributed by atoms with Gasteiger partial charge in [0.05, 0.1) is 6.10 Å². The largest absolute Gasteiger partial charge is 0.459 e. The highest BCUT2D eigenvalue weighted by molar-refractivity contribution is 7.99. The topological polar surface area (TPSA) is 46.5 Å². The number of benzene rings is 3. The van der Waals surface area contributed by atoms with Crippen molar-refractivity contribution in [2.24, 2.45) is 5.41 Å². The minimum Gasteiger partial charge on any atom is -0.459 e. The van der Waals surface area contributed by atoms with E-state index in [9.17, 15) is 9.90 Å². The van der Waals surface area contributed by atoms with Gasteiger partial charge in [-0.1, -0.05) is 60.7 Å². The molecule has 0 bridgehead atoms. The van der Waals surface area contributed by atoms with Crippen LogP contribution in [0.15, 0.2) is 77.7 Å². The Kier molecular flexibility index (Phi) is 6.35. The smallest absolute Gasteiger partial charge is 0.316 e. The van der Waals surface area contributed by atoms with Crippen LogP contribution in [0.2, 0.25) is 0 Å². The summed E-state index contributed by atoms with van der Waals surface area (Å²) in [7, 11) is 0. The monoisotopic (exact) mass is 408 g/mol. The van der Waals surface area contributed by atoms with Crippen molar-refractivity contribution in [2.45, 2.75) is 44.3 Å². The molecular weight excluding hydrogens is 380 g/mol. The maximum Gasteiger partial charge on any atom is 0.316 e. The Morgan fingerprint density at radius 1 is 0.931 bits per heavy atom. The van der Waals surface area contributed by atoms with Crippen molar-refractivity contribution in [3.8, 4) is 0 Å². The van der Waals surface area contributed by atoms with Crippen molar-refractivity contribution in [3.63, 3.8) is 0 Å². The van der Waals surface area contributed by atoms with Crippen molar-refractivity contribution in [1.82, 2.24) is 0 Å². The molecule has 0 aliphatic carbocycles. The molecule has 0 fully saturated rings. The molecule has 0 saturated heterocycles. The summed E-state index contributed by atoms with van der Waals surface area (Å²) in [6, 6.07) is 23.6. The molecule has 3 aromatic rings. The van der Waals surface area contributed by atoms with Gasteiger partial charge in [-0.3, -0.25) is 4.79 Å². The predicted octanol–water partition coefficient (Wildman–Crippen LogP) is 6.01. The lowest BCUT2D eigenvalue weighted by molar-refractivity contribution is -0.172. The van der Waals surface area contributed by atoms with Crippen molar-refractivity contribution in [1.29, 1.82) is 0 Å². The molecule has 0 heterocycles. The third-order valence-electron chi connectivity index (χ3n) is 4.87. The Bertz CT molecular complexity index is 973. The maximum absolute atomic E-state index is 13.3. The van der Waals surface area contributed by atoms with Crippen LogP contribution in [-0.2, 0) is 9.53 Å². The second kappa shape index (κ2) is 8.60. The Labute approximate surface area is 177 Å². The summed E-state index contributed by atoms with van der Waals surface area (Å²) in [6.45, 7) is 7.34. The van der Waals surface area contributed by atoms with Crippen molar-refractivity contribution in [2.75, 3.05) is 5.75 Å². The van der Waals surface area contributed by atoms with Gasteiger partial charge in [0.1, 0.15) is 11.0 Å². The Morgan fingerprint density at radius 3 is 2.24 bits per heavy atom. The van der Waals surface area contributed by atoms with Gasteiger partial charge in [-0.25, -0.2) is 0 Å². The number of aliphatic hydroxyl groups excluding tert-OH is 1. The van der Waals surface area contributed by atoms with E-state index < -0.39 is 23.1 Å². The van der Waals surface area contributed by atoms with E-state index in [2.05, 4.69) is 0 Å². The van der Waals surface area contributed by atoms with E-state index in [4.69, 9.17) is 4.74 Å². The molecule has 152 valence electrons. The predicted molar refractivity (Wildman–Crippen MR) is 120 cm³/mol. The zero-order valence-electron chi connectivity index (χ0n) is 17.4. The molecule has 2 atom stereocenters. The average Bonchev–Trinajstić information content (AvgIpc) is 2.70. The van der Waals surface area contributed by atoms with Gasteiger partial charge in [0.15, 0.2) is 0 Å². The van der Waals surface area contributed by atoms with Gasteiger partial charge in [0.25, 0.3) is 0 Å². The number of hydrogen-bond donors (Lipinski definition) is 1. The summed E-state index contributed by atoms with van der Waals surface area (Å²) in [4.78, 5) is 14.3. The van der Waals surface area contributed by atoms with E-state index in [1.807, 2.05) is 93.6 Å². The van der Waals surface area contributed by atoms with Crippen LogP contribution in [0.3, 0.4) is 0 Å². The van der Waals surface area contributed by atoms with Crippen LogP contribution in [0.5, 0.6) is 0 Å². The molecule has 0 spiro atoms. The van der Waals surface area contributed by atoms with Crippen LogP contribution in [0, 0.1) is 5.41 Å². The summed E-state index contributed by atoms with van der Waals surface area (Å²) in [5, 5.41) is 13.4. The molecule has 4 heteroatoms. The number of thioether (sulfide) groups is 1. The van der Waals surface area contributed by atoms with Gasteiger partial charge in [0, 0.05) is 10.6 Å². The molecular formula is C25H28O3S. The summed E-state index contributed by atoms with van der Waals surface area (Å²) in [5.41, 5.74) is -1.00. The number of carbonyl (C=O) groups excluding carboxylic acids is 1. The fourth-order valence-electron chi connectivity index (χ4n) is 3.23. The number of aliphatic hydroxyl groups is 1. The summed E-state index contributed by atoms with van der Waals surface area (Å²) < 4.78 is 5.73. The normalized spacial score (nSPS) is 14.9. The second-order valence-corrected chi connectivity index (χ2v) is 9.54. The zero-order chi connectivity index (χ0) is 21.1. The fourth-order valence-corrected chi connectivity index (χ4v) is 4.32. The molecule has 0 radical (unpaired) electrons. The first-order chi connectivity index (χ1) is 13.7. The standard InChI is InChI=1S/C25H28O3S/c1-24(2,3)28-23(27)25(4,17-29-19-13-6-5-7-14-19)22(26)21-16-10-12-18-11-8-9-15-20(18)21/h5-16,22,26H,17H2,1-4H3/t22-,25+/m1/s1. The first-order valence-electron chi connectivity index (χ1n) is 9.78. The summed E-state index contributed by atoms with van der Waals surface area (Å²) in [5.74, 6) is 0.00455.